The molecular weight excluding hydrogens is 408 g/mol. The largest absolute Gasteiger partial charge is 0.481 e. The summed E-state index contributed by atoms with van der Waals surface area (Å²) in [5, 5.41) is 9.82. The molecule has 1 N–H and O–H groups in total. The number of rotatable bonds is 23. The third kappa shape index (κ3) is 17.5. The minimum absolute atomic E-state index is 0.250. The van der Waals surface area contributed by atoms with Crippen LogP contribution in [0.3, 0.4) is 0 Å². The number of unbranched alkanes of at least 4 members (excludes halogenated alkanes) is 14. The molecule has 0 aromatic carbocycles. The fourth-order valence-corrected chi connectivity index (χ4v) is 4.32. The van der Waals surface area contributed by atoms with Crippen molar-refractivity contribution in [2.75, 3.05) is 12.4 Å². The molecular formula is C26H50O4S. The Kier molecular flexibility index (Phi) is 22.0. The number of carbonyl (C=O) groups is 2. The first-order chi connectivity index (χ1) is 15.1. The van der Waals surface area contributed by atoms with E-state index in [1.807, 2.05) is 0 Å². The van der Waals surface area contributed by atoms with Crippen molar-refractivity contribution in [3.8, 4) is 0 Å². The second kappa shape index (κ2) is 22.5. The number of carbonyl (C=O) groups excluding carboxylic acids is 1. The molecule has 0 heterocycles. The Hall–Kier alpha value is -0.710. The fraction of sp³-hybridized carbons (Fsp3) is 0.923. The lowest BCUT2D eigenvalue weighted by molar-refractivity contribution is -0.158. The first kappa shape index (κ1) is 30.3. The average molecular weight is 459 g/mol. The minimum atomic E-state index is -0.852. The SMILES string of the molecule is CCCCCCCCCCC(C(=O)O)C(CCCCCCCCCC)C(=O)OCCS. The van der Waals surface area contributed by atoms with E-state index in [0.29, 0.717) is 18.6 Å². The molecule has 0 amide bonds. The van der Waals surface area contributed by atoms with Crippen LogP contribution in [0.2, 0.25) is 0 Å². The number of carboxylic acid groups (broad SMARTS) is 1. The number of aliphatic carboxylic acids is 1. The standard InChI is InChI=1S/C26H50O4S/c1-3-5-7-9-11-13-15-17-19-23(25(27)28)24(26(29)30-21-22-31)20-18-16-14-12-10-8-6-4-2/h23-24,31H,3-22H2,1-2H3,(H,27,28). The van der Waals surface area contributed by atoms with Gasteiger partial charge in [-0.25, -0.2) is 0 Å². The van der Waals surface area contributed by atoms with Gasteiger partial charge < -0.3 is 9.84 Å². The summed E-state index contributed by atoms with van der Waals surface area (Å²) >= 11 is 4.11. The Morgan fingerprint density at radius 1 is 0.677 bits per heavy atom. The maximum absolute atomic E-state index is 12.6. The first-order valence-corrected chi connectivity index (χ1v) is 13.7. The maximum atomic E-state index is 12.6. The van der Waals surface area contributed by atoms with Crippen LogP contribution in [-0.4, -0.2) is 29.4 Å². The van der Waals surface area contributed by atoms with Crippen LogP contribution in [0, 0.1) is 11.8 Å². The van der Waals surface area contributed by atoms with E-state index in [4.69, 9.17) is 4.74 Å². The van der Waals surface area contributed by atoms with Crippen LogP contribution in [0.25, 0.3) is 0 Å². The van der Waals surface area contributed by atoms with Gasteiger partial charge in [-0.3, -0.25) is 9.59 Å². The van der Waals surface area contributed by atoms with E-state index >= 15 is 0 Å². The van der Waals surface area contributed by atoms with Crippen molar-refractivity contribution in [3.63, 3.8) is 0 Å². The molecule has 0 aliphatic carbocycles. The van der Waals surface area contributed by atoms with Gasteiger partial charge in [-0.1, -0.05) is 117 Å². The number of esters is 1. The second-order valence-corrected chi connectivity index (χ2v) is 9.42. The Balaban J connectivity index is 4.44. The lowest BCUT2D eigenvalue weighted by atomic mass is 9.83. The normalized spacial score (nSPS) is 13.1. The van der Waals surface area contributed by atoms with E-state index in [1.54, 1.807) is 0 Å². The molecule has 0 spiro atoms. The van der Waals surface area contributed by atoms with E-state index in [-0.39, 0.29) is 12.6 Å². The Morgan fingerprint density at radius 3 is 1.45 bits per heavy atom. The zero-order chi connectivity index (χ0) is 23.2. The van der Waals surface area contributed by atoms with Crippen LogP contribution in [-0.2, 0) is 14.3 Å². The molecule has 184 valence electrons. The highest BCUT2D eigenvalue weighted by atomic mass is 32.1. The van der Waals surface area contributed by atoms with Crippen molar-refractivity contribution in [2.45, 2.75) is 129 Å². The number of thiol groups is 1. The van der Waals surface area contributed by atoms with E-state index in [2.05, 4.69) is 26.5 Å². The molecule has 5 heteroatoms. The molecule has 0 saturated heterocycles. The Morgan fingerprint density at radius 2 is 1.06 bits per heavy atom. The summed E-state index contributed by atoms with van der Waals surface area (Å²) in [7, 11) is 0. The van der Waals surface area contributed by atoms with Gasteiger partial charge >= 0.3 is 11.9 Å². The molecule has 31 heavy (non-hydrogen) atoms. The van der Waals surface area contributed by atoms with Gasteiger partial charge in [-0.15, -0.1) is 0 Å². The molecule has 0 aromatic rings. The molecule has 0 aliphatic heterocycles. The summed E-state index contributed by atoms with van der Waals surface area (Å²) in [5.41, 5.74) is 0. The van der Waals surface area contributed by atoms with Crippen LogP contribution < -0.4 is 0 Å². The molecule has 2 atom stereocenters. The molecule has 0 radical (unpaired) electrons. The molecule has 0 fully saturated rings. The Bertz CT molecular complexity index is 428. The van der Waals surface area contributed by atoms with Crippen LogP contribution >= 0.6 is 12.6 Å². The third-order valence-electron chi connectivity index (χ3n) is 6.18. The number of hydrogen-bond acceptors (Lipinski definition) is 4. The number of carboxylic acids is 1. The predicted octanol–water partition coefficient (Wildman–Crippen LogP) is 7.84. The number of ether oxygens (including phenoxy) is 1. The topological polar surface area (TPSA) is 63.6 Å². The maximum Gasteiger partial charge on any atom is 0.309 e. The van der Waals surface area contributed by atoms with Gasteiger partial charge in [0.25, 0.3) is 0 Å². The molecule has 4 nitrogen and oxygen atoms in total. The van der Waals surface area contributed by atoms with Gasteiger partial charge in [0, 0.05) is 5.75 Å². The van der Waals surface area contributed by atoms with Crippen LogP contribution in [0.15, 0.2) is 0 Å². The van der Waals surface area contributed by atoms with Crippen molar-refractivity contribution in [2.24, 2.45) is 11.8 Å². The highest BCUT2D eigenvalue weighted by molar-refractivity contribution is 7.80. The van der Waals surface area contributed by atoms with E-state index in [0.717, 1.165) is 38.5 Å². The summed E-state index contributed by atoms with van der Waals surface area (Å²) in [6.45, 7) is 4.69. The highest BCUT2D eigenvalue weighted by Gasteiger charge is 2.34. The van der Waals surface area contributed by atoms with Crippen LogP contribution in [0.4, 0.5) is 0 Å². The van der Waals surface area contributed by atoms with E-state index < -0.39 is 17.8 Å². The van der Waals surface area contributed by atoms with Crippen LogP contribution in [0.5, 0.6) is 0 Å². The zero-order valence-electron chi connectivity index (χ0n) is 20.4. The van der Waals surface area contributed by atoms with E-state index in [1.165, 1.54) is 64.2 Å². The Labute approximate surface area is 197 Å². The molecule has 0 bridgehead atoms. The average Bonchev–Trinajstić information content (AvgIpc) is 2.76. The van der Waals surface area contributed by atoms with Crippen molar-refractivity contribution in [3.05, 3.63) is 0 Å². The van der Waals surface area contributed by atoms with Crippen molar-refractivity contribution in [1.29, 1.82) is 0 Å². The fourth-order valence-electron chi connectivity index (χ4n) is 4.23. The van der Waals surface area contributed by atoms with Gasteiger partial charge in [0.15, 0.2) is 0 Å². The zero-order valence-corrected chi connectivity index (χ0v) is 21.3. The lowest BCUT2D eigenvalue weighted by Crippen LogP contribution is -2.32. The first-order valence-electron chi connectivity index (χ1n) is 13.1. The molecule has 2 unspecified atom stereocenters. The quantitative estimate of drug-likeness (QED) is 0.0930. The molecule has 0 aliphatic rings. The van der Waals surface area contributed by atoms with Crippen LogP contribution in [0.1, 0.15) is 129 Å². The van der Waals surface area contributed by atoms with Gasteiger partial charge in [0.1, 0.15) is 6.61 Å². The van der Waals surface area contributed by atoms with Crippen molar-refractivity contribution >= 4 is 24.6 Å². The summed E-state index contributed by atoms with van der Waals surface area (Å²) in [4.78, 5) is 24.6. The summed E-state index contributed by atoms with van der Waals surface area (Å²) < 4.78 is 5.31. The molecule has 0 saturated carbocycles. The monoisotopic (exact) mass is 458 g/mol. The summed E-state index contributed by atoms with van der Waals surface area (Å²) in [6, 6.07) is 0. The highest BCUT2D eigenvalue weighted by Crippen LogP contribution is 2.27. The van der Waals surface area contributed by atoms with Crippen molar-refractivity contribution < 1.29 is 19.4 Å². The summed E-state index contributed by atoms with van der Waals surface area (Å²) in [5.74, 6) is -1.88. The number of hydrogen-bond donors (Lipinski definition) is 2. The lowest BCUT2D eigenvalue weighted by Gasteiger charge is -2.22. The molecule has 0 aromatic heterocycles. The van der Waals surface area contributed by atoms with E-state index in [9.17, 15) is 14.7 Å². The minimum Gasteiger partial charge on any atom is -0.481 e. The molecule has 0 rings (SSSR count). The van der Waals surface area contributed by atoms with Gasteiger partial charge in [-0.05, 0) is 12.8 Å². The third-order valence-corrected chi connectivity index (χ3v) is 6.36. The van der Waals surface area contributed by atoms with Crippen molar-refractivity contribution in [1.82, 2.24) is 0 Å². The second-order valence-electron chi connectivity index (χ2n) is 8.97. The predicted molar refractivity (Wildman–Crippen MR) is 134 cm³/mol. The smallest absolute Gasteiger partial charge is 0.309 e. The van der Waals surface area contributed by atoms with Gasteiger partial charge in [-0.2, -0.15) is 12.6 Å². The van der Waals surface area contributed by atoms with Gasteiger partial charge in [0.05, 0.1) is 11.8 Å². The summed E-state index contributed by atoms with van der Waals surface area (Å²) in [6.07, 6.45) is 20.1. The van der Waals surface area contributed by atoms with Gasteiger partial charge in [0.2, 0.25) is 0 Å².